The summed E-state index contributed by atoms with van der Waals surface area (Å²) in [6.07, 6.45) is 2.12. The Bertz CT molecular complexity index is 1130. The molecule has 8 heteroatoms. The van der Waals surface area contributed by atoms with Crippen LogP contribution in [0.25, 0.3) is 10.8 Å². The van der Waals surface area contributed by atoms with Crippen LogP contribution in [-0.4, -0.2) is 48.4 Å². The van der Waals surface area contributed by atoms with E-state index in [1.54, 1.807) is 6.07 Å². The first-order valence-corrected chi connectivity index (χ1v) is 11.3. The molecule has 33 heavy (non-hydrogen) atoms. The lowest BCUT2D eigenvalue weighted by Crippen LogP contribution is -2.53. The quantitative estimate of drug-likeness (QED) is 0.381. The first kappa shape index (κ1) is 22.9. The van der Waals surface area contributed by atoms with Crippen LogP contribution in [0.3, 0.4) is 0 Å². The molecule has 0 spiro atoms. The summed E-state index contributed by atoms with van der Waals surface area (Å²) in [5.74, 6) is -1.22. The van der Waals surface area contributed by atoms with Crippen LogP contribution in [0.15, 0.2) is 30.3 Å². The minimum Gasteiger partial charge on any atom is -0.459 e. The summed E-state index contributed by atoms with van der Waals surface area (Å²) in [6, 6.07) is 8.83. The number of piperidine rings is 1. The maximum absolute atomic E-state index is 13.2. The Morgan fingerprint density at radius 2 is 1.97 bits per heavy atom. The van der Waals surface area contributed by atoms with E-state index in [1.807, 2.05) is 45.0 Å². The molecule has 174 valence electrons. The number of amides is 3. The maximum atomic E-state index is 13.2. The van der Waals surface area contributed by atoms with E-state index >= 15 is 0 Å². The van der Waals surface area contributed by atoms with Gasteiger partial charge in [-0.25, -0.2) is 0 Å². The third-order valence-corrected chi connectivity index (χ3v) is 5.83. The number of carbonyl (C=O) groups is 4. The van der Waals surface area contributed by atoms with Crippen molar-refractivity contribution in [3.05, 3.63) is 41.5 Å². The number of nitrogens with zero attached hydrogens (tertiary/aromatic N) is 1. The van der Waals surface area contributed by atoms with Gasteiger partial charge in [0.25, 0.3) is 5.91 Å². The number of aryl methyl sites for hydroxylation is 1. The molecule has 0 saturated carbocycles. The maximum Gasteiger partial charge on any atom is 0.320 e. The molecule has 2 aromatic carbocycles. The zero-order valence-corrected chi connectivity index (χ0v) is 19.2. The number of ether oxygens (including phenoxy) is 1. The number of hydrogen-bond acceptors (Lipinski definition) is 6. The Balaban J connectivity index is 1.46. The summed E-state index contributed by atoms with van der Waals surface area (Å²) in [7, 11) is 0. The van der Waals surface area contributed by atoms with Gasteiger partial charge in [0.15, 0.2) is 0 Å². The van der Waals surface area contributed by atoms with Gasteiger partial charge in [0.05, 0.1) is 12.2 Å². The molecule has 0 bridgehead atoms. The van der Waals surface area contributed by atoms with E-state index in [2.05, 4.69) is 10.6 Å². The minimum absolute atomic E-state index is 0.163. The lowest BCUT2D eigenvalue weighted by molar-refractivity contribution is -0.153. The van der Waals surface area contributed by atoms with Crippen molar-refractivity contribution in [2.75, 3.05) is 18.0 Å². The second-order valence-corrected chi connectivity index (χ2v) is 9.48. The molecule has 2 aliphatic heterocycles. The molecule has 1 unspecified atom stereocenters. The van der Waals surface area contributed by atoms with Gasteiger partial charge in [0.2, 0.25) is 11.8 Å². The first-order valence-electron chi connectivity index (χ1n) is 11.3. The SMILES string of the molecule is CC(C)(C)OC(=O)CNCCCc1ccc2c3c(cccc13)C(=O)N2C1CCC(=O)NC1=O. The fourth-order valence-electron chi connectivity index (χ4n) is 4.49. The van der Waals surface area contributed by atoms with Gasteiger partial charge in [-0.1, -0.05) is 18.2 Å². The zero-order valence-electron chi connectivity index (χ0n) is 19.2. The second kappa shape index (κ2) is 8.94. The molecule has 2 aliphatic rings. The number of nitrogens with one attached hydrogen (secondary N) is 2. The largest absolute Gasteiger partial charge is 0.459 e. The molecule has 2 heterocycles. The van der Waals surface area contributed by atoms with Crippen molar-refractivity contribution < 1.29 is 23.9 Å². The third kappa shape index (κ3) is 4.75. The van der Waals surface area contributed by atoms with Crippen molar-refractivity contribution in [3.63, 3.8) is 0 Å². The Morgan fingerprint density at radius 1 is 1.18 bits per heavy atom. The Hall–Kier alpha value is -3.26. The van der Waals surface area contributed by atoms with E-state index in [4.69, 9.17) is 4.74 Å². The van der Waals surface area contributed by atoms with Crippen LogP contribution < -0.4 is 15.5 Å². The van der Waals surface area contributed by atoms with E-state index in [1.165, 1.54) is 4.90 Å². The van der Waals surface area contributed by atoms with Gasteiger partial charge < -0.3 is 10.1 Å². The lowest BCUT2D eigenvalue weighted by Gasteiger charge is -2.30. The molecule has 1 fully saturated rings. The van der Waals surface area contributed by atoms with E-state index in [0.29, 0.717) is 24.2 Å². The summed E-state index contributed by atoms with van der Waals surface area (Å²) in [4.78, 5) is 50.5. The smallest absolute Gasteiger partial charge is 0.320 e. The topological polar surface area (TPSA) is 105 Å². The molecular formula is C25H29N3O5. The van der Waals surface area contributed by atoms with Gasteiger partial charge in [-0.15, -0.1) is 0 Å². The van der Waals surface area contributed by atoms with Crippen molar-refractivity contribution in [1.29, 1.82) is 0 Å². The fraction of sp³-hybridized carbons (Fsp3) is 0.440. The first-order chi connectivity index (χ1) is 15.7. The molecule has 0 aliphatic carbocycles. The van der Waals surface area contributed by atoms with Crippen LogP contribution in [0.4, 0.5) is 5.69 Å². The number of imide groups is 1. The van der Waals surface area contributed by atoms with Crippen LogP contribution in [0.2, 0.25) is 0 Å². The predicted molar refractivity (Wildman–Crippen MR) is 124 cm³/mol. The highest BCUT2D eigenvalue weighted by molar-refractivity contribution is 6.27. The molecule has 4 rings (SSSR count). The van der Waals surface area contributed by atoms with Gasteiger partial charge >= 0.3 is 5.97 Å². The average molecular weight is 452 g/mol. The molecule has 1 saturated heterocycles. The zero-order chi connectivity index (χ0) is 23.8. The highest BCUT2D eigenvalue weighted by Gasteiger charge is 2.40. The van der Waals surface area contributed by atoms with Crippen molar-refractivity contribution >= 4 is 40.2 Å². The summed E-state index contributed by atoms with van der Waals surface area (Å²) >= 11 is 0. The van der Waals surface area contributed by atoms with Gasteiger partial charge in [-0.2, -0.15) is 0 Å². The van der Waals surface area contributed by atoms with Gasteiger partial charge in [0.1, 0.15) is 11.6 Å². The highest BCUT2D eigenvalue weighted by atomic mass is 16.6. The average Bonchev–Trinajstić information content (AvgIpc) is 3.01. The van der Waals surface area contributed by atoms with E-state index in [-0.39, 0.29) is 30.7 Å². The summed E-state index contributed by atoms with van der Waals surface area (Å²) in [6.45, 7) is 6.34. The number of anilines is 1. The Morgan fingerprint density at radius 3 is 2.70 bits per heavy atom. The van der Waals surface area contributed by atoms with Gasteiger partial charge in [-0.05, 0) is 69.7 Å². The monoisotopic (exact) mass is 451 g/mol. The fourth-order valence-corrected chi connectivity index (χ4v) is 4.49. The van der Waals surface area contributed by atoms with Crippen molar-refractivity contribution in [1.82, 2.24) is 10.6 Å². The van der Waals surface area contributed by atoms with Crippen molar-refractivity contribution in [2.24, 2.45) is 0 Å². The highest BCUT2D eigenvalue weighted by Crippen LogP contribution is 2.41. The second-order valence-electron chi connectivity index (χ2n) is 9.48. The van der Waals surface area contributed by atoms with Crippen LogP contribution in [0.1, 0.15) is 56.0 Å². The van der Waals surface area contributed by atoms with Crippen LogP contribution in [-0.2, 0) is 25.5 Å². The molecule has 3 amide bonds. The van der Waals surface area contributed by atoms with Crippen molar-refractivity contribution in [3.8, 4) is 0 Å². The van der Waals surface area contributed by atoms with E-state index in [9.17, 15) is 19.2 Å². The number of carbonyl (C=O) groups excluding carboxylic acids is 4. The molecule has 1 atom stereocenters. The van der Waals surface area contributed by atoms with E-state index in [0.717, 1.165) is 29.2 Å². The van der Waals surface area contributed by atoms with Gasteiger partial charge in [0, 0.05) is 17.4 Å². The Labute approximate surface area is 192 Å². The number of benzene rings is 2. The van der Waals surface area contributed by atoms with Crippen LogP contribution in [0.5, 0.6) is 0 Å². The van der Waals surface area contributed by atoms with Gasteiger partial charge in [-0.3, -0.25) is 29.4 Å². The molecule has 2 N–H and O–H groups in total. The molecular weight excluding hydrogens is 422 g/mol. The summed E-state index contributed by atoms with van der Waals surface area (Å²) in [5, 5.41) is 7.30. The summed E-state index contributed by atoms with van der Waals surface area (Å²) in [5.41, 5.74) is 1.90. The van der Waals surface area contributed by atoms with Crippen molar-refractivity contribution in [2.45, 2.75) is 58.1 Å². The third-order valence-electron chi connectivity index (χ3n) is 5.83. The summed E-state index contributed by atoms with van der Waals surface area (Å²) < 4.78 is 5.29. The number of rotatable bonds is 7. The van der Waals surface area contributed by atoms with E-state index < -0.39 is 17.6 Å². The molecule has 8 nitrogen and oxygen atoms in total. The number of esters is 1. The predicted octanol–water partition coefficient (Wildman–Crippen LogP) is 2.47. The lowest BCUT2D eigenvalue weighted by atomic mass is 9.97. The van der Waals surface area contributed by atoms with Crippen LogP contribution >= 0.6 is 0 Å². The molecule has 0 aromatic heterocycles. The number of hydrogen-bond donors (Lipinski definition) is 2. The molecule has 0 radical (unpaired) electrons. The standard InChI is InChI=1S/C25H29N3O5/c1-25(2,3)33-21(30)14-26-13-5-6-15-9-10-18-22-16(15)7-4-8-17(22)24(32)28(18)19-11-12-20(29)27-23(19)31/h4,7-10,19,26H,5-6,11-14H2,1-3H3,(H,27,29,31). The van der Waals surface area contributed by atoms with Crippen LogP contribution in [0, 0.1) is 0 Å². The minimum atomic E-state index is -0.686. The normalized spacial score (nSPS) is 18.1. The molecule has 2 aromatic rings. The Kier molecular flexibility index (Phi) is 6.21.